The molecule has 0 heterocycles. The lowest BCUT2D eigenvalue weighted by Gasteiger charge is -2.10. The molecule has 2 rings (SSSR count). The van der Waals surface area contributed by atoms with Gasteiger partial charge in [0.15, 0.2) is 0 Å². The minimum Gasteiger partial charge on any atom is -0.495 e. The van der Waals surface area contributed by atoms with Gasteiger partial charge in [0, 0.05) is 6.54 Å². The van der Waals surface area contributed by atoms with Gasteiger partial charge < -0.3 is 14.8 Å². The minimum absolute atomic E-state index is 0.0974. The maximum absolute atomic E-state index is 11.7. The van der Waals surface area contributed by atoms with Gasteiger partial charge in [0.25, 0.3) is 0 Å². The molecule has 0 saturated carbocycles. The van der Waals surface area contributed by atoms with E-state index in [-0.39, 0.29) is 23.8 Å². The summed E-state index contributed by atoms with van der Waals surface area (Å²) in [5.41, 5.74) is 1.42. The van der Waals surface area contributed by atoms with Gasteiger partial charge in [0.2, 0.25) is 10.0 Å². The summed E-state index contributed by atoms with van der Waals surface area (Å²) in [6.45, 7) is 0.248. The van der Waals surface area contributed by atoms with Gasteiger partial charge in [-0.2, -0.15) is 0 Å². The molecular formula is C16H18N2O5S. The molecule has 8 heteroatoms. The zero-order valence-electron chi connectivity index (χ0n) is 13.1. The number of ether oxygens (including phenoxy) is 2. The summed E-state index contributed by atoms with van der Waals surface area (Å²) in [6, 6.07) is 13.7. The van der Waals surface area contributed by atoms with Crippen molar-refractivity contribution in [3.8, 4) is 5.75 Å². The van der Waals surface area contributed by atoms with Gasteiger partial charge in [0.1, 0.15) is 17.3 Å². The van der Waals surface area contributed by atoms with Crippen LogP contribution in [0.1, 0.15) is 11.1 Å². The number of methoxy groups -OCH3 is 1. The molecule has 1 amide bonds. The lowest BCUT2D eigenvalue weighted by molar-refractivity contribution is 0.139. The zero-order chi connectivity index (χ0) is 17.6. The summed E-state index contributed by atoms with van der Waals surface area (Å²) in [6.07, 6.45) is -0.605. The molecule has 2 aromatic carbocycles. The molecule has 0 aliphatic rings. The van der Waals surface area contributed by atoms with Crippen LogP contribution in [0.4, 0.5) is 4.79 Å². The molecule has 0 aliphatic heterocycles. The molecule has 0 unspecified atom stereocenters. The van der Waals surface area contributed by atoms with Crippen molar-refractivity contribution in [1.29, 1.82) is 0 Å². The van der Waals surface area contributed by atoms with Crippen LogP contribution in [0.5, 0.6) is 5.75 Å². The Kier molecular flexibility index (Phi) is 5.78. The van der Waals surface area contributed by atoms with E-state index in [0.29, 0.717) is 5.56 Å². The summed E-state index contributed by atoms with van der Waals surface area (Å²) >= 11 is 0. The number of nitrogens with two attached hydrogens (primary N) is 1. The fraction of sp³-hybridized carbons (Fsp3) is 0.188. The Morgan fingerprint density at radius 1 is 1.12 bits per heavy atom. The summed E-state index contributed by atoms with van der Waals surface area (Å²) in [7, 11) is -2.57. The standard InChI is InChI=1S/C16H18N2O5S/c1-22-14-8-7-13(9-15(14)24(17,20)21)10-18-16(19)23-11-12-5-3-2-4-6-12/h2-9H,10-11H2,1H3,(H,18,19)(H2,17,20,21). The molecule has 24 heavy (non-hydrogen) atoms. The second kappa shape index (κ2) is 7.80. The summed E-state index contributed by atoms with van der Waals surface area (Å²) < 4.78 is 33.1. The van der Waals surface area contributed by atoms with E-state index in [2.05, 4.69) is 5.32 Å². The van der Waals surface area contributed by atoms with Gasteiger partial charge in [0.05, 0.1) is 7.11 Å². The summed E-state index contributed by atoms with van der Waals surface area (Å²) in [5, 5.41) is 7.70. The highest BCUT2D eigenvalue weighted by atomic mass is 32.2. The average molecular weight is 350 g/mol. The molecule has 0 aromatic heterocycles. The Labute approximate surface area is 140 Å². The second-order valence-corrected chi connectivity index (χ2v) is 6.48. The van der Waals surface area contributed by atoms with Crippen LogP contribution < -0.4 is 15.2 Å². The first-order valence-electron chi connectivity index (χ1n) is 7.04. The van der Waals surface area contributed by atoms with Crippen LogP contribution in [0.3, 0.4) is 0 Å². The molecule has 0 aliphatic carbocycles. The van der Waals surface area contributed by atoms with Crippen LogP contribution in [-0.4, -0.2) is 21.6 Å². The Bertz CT molecular complexity index is 806. The normalized spacial score (nSPS) is 10.9. The van der Waals surface area contributed by atoms with Gasteiger partial charge in [-0.25, -0.2) is 18.4 Å². The molecule has 0 saturated heterocycles. The molecule has 0 fully saturated rings. The van der Waals surface area contributed by atoms with E-state index in [4.69, 9.17) is 14.6 Å². The highest BCUT2D eigenvalue weighted by molar-refractivity contribution is 7.89. The third-order valence-electron chi connectivity index (χ3n) is 3.18. The number of benzene rings is 2. The highest BCUT2D eigenvalue weighted by Gasteiger charge is 2.15. The van der Waals surface area contributed by atoms with Crippen LogP contribution in [0.15, 0.2) is 53.4 Å². The number of sulfonamides is 1. The fourth-order valence-corrected chi connectivity index (χ4v) is 2.75. The van der Waals surface area contributed by atoms with Crippen molar-refractivity contribution < 1.29 is 22.7 Å². The van der Waals surface area contributed by atoms with E-state index in [9.17, 15) is 13.2 Å². The van der Waals surface area contributed by atoms with Crippen molar-refractivity contribution >= 4 is 16.1 Å². The van der Waals surface area contributed by atoms with Gasteiger partial charge in [-0.3, -0.25) is 0 Å². The van der Waals surface area contributed by atoms with E-state index in [1.54, 1.807) is 6.07 Å². The second-order valence-electron chi connectivity index (χ2n) is 4.95. The van der Waals surface area contributed by atoms with Gasteiger partial charge in [-0.1, -0.05) is 36.4 Å². The van der Waals surface area contributed by atoms with Gasteiger partial charge in [-0.05, 0) is 23.3 Å². The van der Waals surface area contributed by atoms with Crippen molar-refractivity contribution in [2.45, 2.75) is 18.0 Å². The quantitative estimate of drug-likeness (QED) is 0.825. The molecule has 7 nitrogen and oxygen atoms in total. The lowest BCUT2D eigenvalue weighted by atomic mass is 10.2. The topological polar surface area (TPSA) is 108 Å². The van der Waals surface area contributed by atoms with Crippen molar-refractivity contribution in [2.75, 3.05) is 7.11 Å². The smallest absolute Gasteiger partial charge is 0.407 e. The molecule has 2 aromatic rings. The number of carbonyl (C=O) groups excluding carboxylic acids is 1. The van der Waals surface area contributed by atoms with E-state index < -0.39 is 16.1 Å². The van der Waals surface area contributed by atoms with E-state index in [0.717, 1.165) is 5.56 Å². The maximum atomic E-state index is 11.7. The van der Waals surface area contributed by atoms with Crippen LogP contribution in [-0.2, 0) is 27.9 Å². The largest absolute Gasteiger partial charge is 0.495 e. The number of nitrogens with one attached hydrogen (secondary N) is 1. The first-order chi connectivity index (χ1) is 11.4. The van der Waals surface area contributed by atoms with E-state index in [1.807, 2.05) is 30.3 Å². The Morgan fingerprint density at radius 2 is 1.83 bits per heavy atom. The number of hydrogen-bond acceptors (Lipinski definition) is 5. The number of amides is 1. The first-order valence-corrected chi connectivity index (χ1v) is 8.59. The number of primary sulfonamides is 1. The SMILES string of the molecule is COc1ccc(CNC(=O)OCc2ccccc2)cc1S(N)(=O)=O. The van der Waals surface area contributed by atoms with Gasteiger partial charge in [-0.15, -0.1) is 0 Å². The first kappa shape index (κ1) is 17.8. The highest BCUT2D eigenvalue weighted by Crippen LogP contribution is 2.23. The van der Waals surface area contributed by atoms with E-state index >= 15 is 0 Å². The van der Waals surface area contributed by atoms with Crippen molar-refractivity contribution in [3.63, 3.8) is 0 Å². The van der Waals surface area contributed by atoms with Crippen LogP contribution >= 0.6 is 0 Å². The molecule has 0 bridgehead atoms. The minimum atomic E-state index is -3.92. The molecular weight excluding hydrogens is 332 g/mol. The molecule has 0 spiro atoms. The molecule has 3 N–H and O–H groups in total. The van der Waals surface area contributed by atoms with E-state index in [1.165, 1.54) is 19.2 Å². The molecule has 0 atom stereocenters. The summed E-state index contributed by atoms with van der Waals surface area (Å²) in [5.74, 6) is 0.146. The Balaban J connectivity index is 1.95. The molecule has 0 radical (unpaired) electrons. The number of alkyl carbamates (subject to hydrolysis) is 1. The third-order valence-corrected chi connectivity index (χ3v) is 4.12. The Morgan fingerprint density at radius 3 is 2.46 bits per heavy atom. The van der Waals surface area contributed by atoms with Crippen molar-refractivity contribution in [3.05, 3.63) is 59.7 Å². The Hall–Kier alpha value is -2.58. The monoisotopic (exact) mass is 350 g/mol. The maximum Gasteiger partial charge on any atom is 0.407 e. The number of rotatable bonds is 6. The lowest BCUT2D eigenvalue weighted by Crippen LogP contribution is -2.24. The predicted octanol–water partition coefficient (Wildman–Crippen LogP) is 1.77. The molecule has 128 valence electrons. The van der Waals surface area contributed by atoms with Gasteiger partial charge >= 0.3 is 6.09 Å². The third kappa shape index (κ3) is 4.97. The predicted molar refractivity (Wildman–Crippen MR) is 87.8 cm³/mol. The van der Waals surface area contributed by atoms with Crippen LogP contribution in [0, 0.1) is 0 Å². The summed E-state index contributed by atoms with van der Waals surface area (Å²) in [4.78, 5) is 11.6. The van der Waals surface area contributed by atoms with Crippen molar-refractivity contribution in [1.82, 2.24) is 5.32 Å². The average Bonchev–Trinajstić information content (AvgIpc) is 2.58. The fourth-order valence-electron chi connectivity index (χ4n) is 2.00. The zero-order valence-corrected chi connectivity index (χ0v) is 13.9. The number of hydrogen-bond donors (Lipinski definition) is 2. The van der Waals surface area contributed by atoms with Crippen LogP contribution in [0.2, 0.25) is 0 Å². The number of carbonyl (C=O) groups is 1. The van der Waals surface area contributed by atoms with Crippen LogP contribution in [0.25, 0.3) is 0 Å². The van der Waals surface area contributed by atoms with Crippen molar-refractivity contribution in [2.24, 2.45) is 5.14 Å².